The van der Waals surface area contributed by atoms with Crippen LogP contribution >= 0.6 is 0 Å². The monoisotopic (exact) mass is 316 g/mol. The van der Waals surface area contributed by atoms with Crippen molar-refractivity contribution >= 4 is 15.7 Å². The number of pyridine rings is 1. The van der Waals surface area contributed by atoms with Gasteiger partial charge in [0.1, 0.15) is 4.90 Å². The van der Waals surface area contributed by atoms with E-state index in [1.54, 1.807) is 0 Å². The maximum atomic E-state index is 12.6. The van der Waals surface area contributed by atoms with Gasteiger partial charge in [-0.3, -0.25) is 10.8 Å². The fourth-order valence-corrected chi connectivity index (χ4v) is 3.87. The van der Waals surface area contributed by atoms with Gasteiger partial charge in [-0.05, 0) is 18.9 Å². The number of anilines is 1. The Morgan fingerprint density at radius 1 is 1.48 bits per heavy atom. The lowest BCUT2D eigenvalue weighted by Gasteiger charge is -2.31. The maximum absolute atomic E-state index is 12.6. The number of rotatable bonds is 6. The molecule has 0 aromatic carbocycles. The lowest BCUT2D eigenvalue weighted by Crippen LogP contribution is -2.41. The standard InChI is InChI=1S/C12H20N4O4S/c13-15-11-1-4-14-9-12(11)21(18,19)16-5-2-10(3-6-16)20-8-7-17/h1,4,9-10,17H,2-3,5-8,13H2,(H,14,15). The van der Waals surface area contributed by atoms with E-state index in [0.29, 0.717) is 31.6 Å². The molecule has 0 bridgehead atoms. The third-order valence-corrected chi connectivity index (χ3v) is 5.33. The van der Waals surface area contributed by atoms with Gasteiger partial charge in [-0.1, -0.05) is 0 Å². The van der Waals surface area contributed by atoms with Crippen molar-refractivity contribution in [1.29, 1.82) is 0 Å². The average Bonchev–Trinajstić information content (AvgIpc) is 2.53. The van der Waals surface area contributed by atoms with Gasteiger partial charge >= 0.3 is 0 Å². The molecule has 0 amide bonds. The summed E-state index contributed by atoms with van der Waals surface area (Å²) in [5, 5.41) is 8.73. The summed E-state index contributed by atoms with van der Waals surface area (Å²) >= 11 is 0. The zero-order valence-corrected chi connectivity index (χ0v) is 12.4. The number of aliphatic hydroxyl groups is 1. The zero-order chi connectivity index (χ0) is 15.3. The molecule has 0 saturated carbocycles. The molecule has 1 saturated heterocycles. The van der Waals surface area contributed by atoms with E-state index in [-0.39, 0.29) is 24.2 Å². The molecule has 1 fully saturated rings. The molecular weight excluding hydrogens is 296 g/mol. The lowest BCUT2D eigenvalue weighted by molar-refractivity contribution is 0.00319. The molecular formula is C12H20N4O4S. The number of piperidine rings is 1. The number of hydrogen-bond donors (Lipinski definition) is 3. The summed E-state index contributed by atoms with van der Waals surface area (Å²) in [6.07, 6.45) is 3.96. The Bertz CT molecular complexity index is 558. The molecule has 1 aliphatic heterocycles. The summed E-state index contributed by atoms with van der Waals surface area (Å²) in [5.74, 6) is 5.35. The molecule has 21 heavy (non-hydrogen) atoms. The molecule has 8 nitrogen and oxygen atoms in total. The quantitative estimate of drug-likeness (QED) is 0.479. The van der Waals surface area contributed by atoms with Gasteiger partial charge in [0.25, 0.3) is 0 Å². The van der Waals surface area contributed by atoms with Crippen LogP contribution < -0.4 is 11.3 Å². The van der Waals surface area contributed by atoms with Crippen molar-refractivity contribution in [2.75, 3.05) is 31.7 Å². The second-order valence-corrected chi connectivity index (χ2v) is 6.62. The van der Waals surface area contributed by atoms with E-state index >= 15 is 0 Å². The van der Waals surface area contributed by atoms with E-state index in [0.717, 1.165) is 0 Å². The Morgan fingerprint density at radius 3 is 2.81 bits per heavy atom. The lowest BCUT2D eigenvalue weighted by atomic mass is 10.1. The largest absolute Gasteiger partial charge is 0.394 e. The fourth-order valence-electron chi connectivity index (χ4n) is 2.30. The highest BCUT2D eigenvalue weighted by Gasteiger charge is 2.31. The topological polar surface area (TPSA) is 118 Å². The minimum Gasteiger partial charge on any atom is -0.394 e. The normalized spacial score (nSPS) is 17.8. The summed E-state index contributed by atoms with van der Waals surface area (Å²) in [4.78, 5) is 3.93. The Morgan fingerprint density at radius 2 is 2.19 bits per heavy atom. The van der Waals surface area contributed by atoms with Crippen LogP contribution in [0.25, 0.3) is 0 Å². The number of nitrogen functional groups attached to an aromatic ring is 1. The second kappa shape index (κ2) is 7.14. The van der Waals surface area contributed by atoms with Gasteiger partial charge in [0.05, 0.1) is 25.0 Å². The van der Waals surface area contributed by atoms with Crippen molar-refractivity contribution < 1.29 is 18.3 Å². The van der Waals surface area contributed by atoms with Crippen molar-refractivity contribution in [3.8, 4) is 0 Å². The molecule has 1 aromatic heterocycles. The van der Waals surface area contributed by atoms with Crippen molar-refractivity contribution in [2.24, 2.45) is 5.84 Å². The molecule has 1 aliphatic rings. The van der Waals surface area contributed by atoms with Crippen LogP contribution in [0.3, 0.4) is 0 Å². The van der Waals surface area contributed by atoms with Crippen LogP contribution in [0.5, 0.6) is 0 Å². The summed E-state index contributed by atoms with van der Waals surface area (Å²) in [5.41, 5.74) is 2.70. The van der Waals surface area contributed by atoms with Crippen LogP contribution in [0.15, 0.2) is 23.4 Å². The van der Waals surface area contributed by atoms with Gasteiger partial charge in [0.2, 0.25) is 10.0 Å². The van der Waals surface area contributed by atoms with Crippen LogP contribution in [-0.4, -0.2) is 55.2 Å². The van der Waals surface area contributed by atoms with Crippen LogP contribution in [0.1, 0.15) is 12.8 Å². The number of aromatic nitrogens is 1. The molecule has 9 heteroatoms. The minimum absolute atomic E-state index is 0.00963. The Balaban J connectivity index is 2.08. The van der Waals surface area contributed by atoms with E-state index in [9.17, 15) is 8.42 Å². The van der Waals surface area contributed by atoms with Crippen molar-refractivity contribution in [1.82, 2.24) is 9.29 Å². The summed E-state index contributed by atoms with van der Waals surface area (Å²) in [6.45, 7) is 0.996. The number of hydrogen-bond acceptors (Lipinski definition) is 7. The smallest absolute Gasteiger partial charge is 0.246 e. The Kier molecular flexibility index (Phi) is 5.48. The molecule has 0 radical (unpaired) electrons. The first-order chi connectivity index (χ1) is 10.1. The first kappa shape index (κ1) is 16.1. The number of nitrogens with two attached hydrogens (primary N) is 1. The number of aliphatic hydroxyl groups excluding tert-OH is 1. The number of hydrazine groups is 1. The summed E-state index contributed by atoms with van der Waals surface area (Å²) < 4.78 is 32.0. The van der Waals surface area contributed by atoms with Crippen molar-refractivity contribution in [3.05, 3.63) is 18.5 Å². The van der Waals surface area contributed by atoms with Crippen LogP contribution in [0, 0.1) is 0 Å². The molecule has 0 atom stereocenters. The molecule has 4 N–H and O–H groups in total. The van der Waals surface area contributed by atoms with Gasteiger partial charge in [-0.2, -0.15) is 4.31 Å². The molecule has 2 rings (SSSR count). The SMILES string of the molecule is NNc1ccncc1S(=O)(=O)N1CCC(OCCO)CC1. The van der Waals surface area contributed by atoms with E-state index in [4.69, 9.17) is 15.7 Å². The highest BCUT2D eigenvalue weighted by atomic mass is 32.2. The summed E-state index contributed by atoms with van der Waals surface area (Å²) in [6, 6.07) is 1.52. The highest BCUT2D eigenvalue weighted by molar-refractivity contribution is 7.89. The van der Waals surface area contributed by atoms with Gasteiger partial charge in [0.15, 0.2) is 0 Å². The molecule has 118 valence electrons. The van der Waals surface area contributed by atoms with Gasteiger partial charge in [0, 0.05) is 25.5 Å². The number of nitrogens with zero attached hydrogens (tertiary/aromatic N) is 2. The third kappa shape index (κ3) is 3.69. The number of nitrogens with one attached hydrogen (secondary N) is 1. The van der Waals surface area contributed by atoms with E-state index in [2.05, 4.69) is 10.4 Å². The zero-order valence-electron chi connectivity index (χ0n) is 11.6. The number of sulfonamides is 1. The van der Waals surface area contributed by atoms with E-state index in [1.165, 1.54) is 22.8 Å². The maximum Gasteiger partial charge on any atom is 0.246 e. The van der Waals surface area contributed by atoms with Gasteiger partial charge < -0.3 is 15.3 Å². The molecule has 0 unspecified atom stereocenters. The minimum atomic E-state index is -3.63. The number of ether oxygens (including phenoxy) is 1. The van der Waals surface area contributed by atoms with Crippen molar-refractivity contribution in [2.45, 2.75) is 23.8 Å². The highest BCUT2D eigenvalue weighted by Crippen LogP contribution is 2.26. The first-order valence-electron chi connectivity index (χ1n) is 6.73. The Hall–Kier alpha value is -1.26. The fraction of sp³-hybridized carbons (Fsp3) is 0.583. The van der Waals surface area contributed by atoms with Crippen LogP contribution in [0.2, 0.25) is 0 Å². The van der Waals surface area contributed by atoms with E-state index in [1.807, 2.05) is 0 Å². The average molecular weight is 316 g/mol. The van der Waals surface area contributed by atoms with Gasteiger partial charge in [-0.15, -0.1) is 0 Å². The Labute approximate surface area is 123 Å². The molecule has 1 aromatic rings. The predicted molar refractivity (Wildman–Crippen MR) is 76.9 cm³/mol. The van der Waals surface area contributed by atoms with E-state index < -0.39 is 10.0 Å². The van der Waals surface area contributed by atoms with Crippen LogP contribution in [0.4, 0.5) is 5.69 Å². The first-order valence-corrected chi connectivity index (χ1v) is 8.17. The molecule has 0 spiro atoms. The van der Waals surface area contributed by atoms with Gasteiger partial charge in [-0.25, -0.2) is 8.42 Å². The second-order valence-electron chi connectivity index (χ2n) is 4.71. The molecule has 2 heterocycles. The summed E-state index contributed by atoms with van der Waals surface area (Å²) in [7, 11) is -3.63. The molecule has 0 aliphatic carbocycles. The predicted octanol–water partition coefficient (Wildman–Crippen LogP) is -0.471. The third-order valence-electron chi connectivity index (χ3n) is 3.40. The van der Waals surface area contributed by atoms with Crippen molar-refractivity contribution in [3.63, 3.8) is 0 Å². The van der Waals surface area contributed by atoms with Crippen LogP contribution in [-0.2, 0) is 14.8 Å².